The predicted molar refractivity (Wildman–Crippen MR) is 107 cm³/mol. The second-order valence-corrected chi connectivity index (χ2v) is 7.46. The zero-order valence-corrected chi connectivity index (χ0v) is 16.4. The fourth-order valence-corrected chi connectivity index (χ4v) is 3.77. The minimum absolute atomic E-state index is 0.209. The first kappa shape index (κ1) is 19.6. The third-order valence-corrected chi connectivity index (χ3v) is 5.06. The zero-order chi connectivity index (χ0) is 19.4. The number of aliphatic hydroxyl groups excluding tert-OH is 1. The van der Waals surface area contributed by atoms with Gasteiger partial charge in [-0.05, 0) is 56.2 Å². The minimum Gasteiger partial charge on any atom is -0.490 e. The van der Waals surface area contributed by atoms with Gasteiger partial charge in [-0.3, -0.25) is 4.90 Å². The summed E-state index contributed by atoms with van der Waals surface area (Å²) in [5.74, 6) is 0.667. The summed E-state index contributed by atoms with van der Waals surface area (Å²) in [6.45, 7) is 10.5. The number of rotatable bonds is 6. The molecule has 1 heterocycles. The van der Waals surface area contributed by atoms with Crippen molar-refractivity contribution in [3.63, 3.8) is 0 Å². The van der Waals surface area contributed by atoms with E-state index in [-0.39, 0.29) is 5.82 Å². The Bertz CT molecular complexity index is 732. The molecule has 0 saturated carbocycles. The lowest BCUT2D eigenvalue weighted by Gasteiger charge is -2.36. The minimum atomic E-state index is -0.525. The molecule has 0 amide bonds. The van der Waals surface area contributed by atoms with Crippen LogP contribution in [-0.2, 0) is 0 Å². The molecule has 1 saturated heterocycles. The van der Waals surface area contributed by atoms with E-state index in [4.69, 9.17) is 4.74 Å². The smallest absolute Gasteiger partial charge is 0.125 e. The molecule has 1 unspecified atom stereocenters. The highest BCUT2D eigenvalue weighted by atomic mass is 19.1. The molecule has 27 heavy (non-hydrogen) atoms. The Labute approximate surface area is 161 Å². The van der Waals surface area contributed by atoms with Gasteiger partial charge in [0.05, 0.1) is 0 Å². The van der Waals surface area contributed by atoms with E-state index in [2.05, 4.69) is 28.9 Å². The van der Waals surface area contributed by atoms with Crippen molar-refractivity contribution in [2.75, 3.05) is 44.2 Å². The fourth-order valence-electron chi connectivity index (χ4n) is 3.77. The average Bonchev–Trinajstić information content (AvgIpc) is 2.62. The number of halogens is 1. The van der Waals surface area contributed by atoms with Crippen molar-refractivity contribution in [2.45, 2.75) is 26.9 Å². The molecular weight excluding hydrogens is 343 g/mol. The number of benzene rings is 2. The second-order valence-electron chi connectivity index (χ2n) is 7.46. The van der Waals surface area contributed by atoms with Crippen LogP contribution in [0.25, 0.3) is 0 Å². The summed E-state index contributed by atoms with van der Waals surface area (Å²) in [5.41, 5.74) is 4.47. The molecule has 146 valence electrons. The molecule has 0 spiro atoms. The van der Waals surface area contributed by atoms with E-state index < -0.39 is 6.10 Å². The maximum absolute atomic E-state index is 13.1. The first-order chi connectivity index (χ1) is 12.9. The van der Waals surface area contributed by atoms with Crippen LogP contribution in [0.1, 0.15) is 16.7 Å². The molecule has 1 fully saturated rings. The molecule has 2 aromatic rings. The molecule has 0 radical (unpaired) electrons. The Balaban J connectivity index is 1.46. The molecule has 0 bridgehead atoms. The SMILES string of the molecule is Cc1cc(C)c(OCC(O)CN2CCN(c3ccc(F)cc3)CC2)c(C)c1. The van der Waals surface area contributed by atoms with Gasteiger partial charge in [-0.2, -0.15) is 0 Å². The lowest BCUT2D eigenvalue weighted by molar-refractivity contribution is 0.0658. The van der Waals surface area contributed by atoms with Gasteiger partial charge in [0.2, 0.25) is 0 Å². The first-order valence-corrected chi connectivity index (χ1v) is 9.54. The first-order valence-electron chi connectivity index (χ1n) is 9.54. The number of aliphatic hydroxyl groups is 1. The van der Waals surface area contributed by atoms with E-state index in [0.29, 0.717) is 13.2 Å². The number of hydrogen-bond acceptors (Lipinski definition) is 4. The van der Waals surface area contributed by atoms with Gasteiger partial charge in [0.1, 0.15) is 24.3 Å². The van der Waals surface area contributed by atoms with Gasteiger partial charge in [-0.1, -0.05) is 17.7 Å². The van der Waals surface area contributed by atoms with Crippen molar-refractivity contribution in [3.05, 3.63) is 58.9 Å². The van der Waals surface area contributed by atoms with E-state index in [9.17, 15) is 9.50 Å². The van der Waals surface area contributed by atoms with E-state index >= 15 is 0 Å². The molecule has 5 heteroatoms. The zero-order valence-electron chi connectivity index (χ0n) is 16.4. The van der Waals surface area contributed by atoms with Crippen LogP contribution in [-0.4, -0.2) is 55.4 Å². The summed E-state index contributed by atoms with van der Waals surface area (Å²) in [6, 6.07) is 10.8. The van der Waals surface area contributed by atoms with Gasteiger partial charge in [-0.25, -0.2) is 4.39 Å². The Morgan fingerprint density at radius 1 is 1.00 bits per heavy atom. The van der Waals surface area contributed by atoms with Crippen molar-refractivity contribution in [2.24, 2.45) is 0 Å². The standard InChI is InChI=1S/C22H29FN2O2/c1-16-12-17(2)22(18(3)13-16)27-15-21(26)14-24-8-10-25(11-9-24)20-6-4-19(23)5-7-20/h4-7,12-13,21,26H,8-11,14-15H2,1-3H3. The maximum Gasteiger partial charge on any atom is 0.125 e. The third kappa shape index (κ3) is 5.21. The van der Waals surface area contributed by atoms with E-state index in [1.54, 1.807) is 0 Å². The number of hydrogen-bond donors (Lipinski definition) is 1. The van der Waals surface area contributed by atoms with E-state index in [1.165, 1.54) is 17.7 Å². The summed E-state index contributed by atoms with van der Waals surface area (Å²) >= 11 is 0. The molecule has 0 aromatic heterocycles. The number of β-amino-alcohol motifs (C(OH)–C–C–N with tert-alkyl or cyclic N) is 1. The van der Waals surface area contributed by atoms with Crippen LogP contribution in [0.3, 0.4) is 0 Å². The highest BCUT2D eigenvalue weighted by molar-refractivity contribution is 5.46. The van der Waals surface area contributed by atoms with Gasteiger partial charge in [0.15, 0.2) is 0 Å². The Morgan fingerprint density at radius 2 is 1.59 bits per heavy atom. The van der Waals surface area contributed by atoms with Crippen molar-refractivity contribution in [1.82, 2.24) is 4.90 Å². The van der Waals surface area contributed by atoms with Crippen LogP contribution >= 0.6 is 0 Å². The Morgan fingerprint density at radius 3 is 2.19 bits per heavy atom. The molecule has 1 aliphatic rings. The number of piperazine rings is 1. The van der Waals surface area contributed by atoms with E-state index in [1.807, 2.05) is 26.0 Å². The van der Waals surface area contributed by atoms with Gasteiger partial charge in [0, 0.05) is 38.4 Å². The summed E-state index contributed by atoms with van der Waals surface area (Å²) < 4.78 is 19.0. The van der Waals surface area contributed by atoms with Crippen molar-refractivity contribution in [1.29, 1.82) is 0 Å². The van der Waals surface area contributed by atoms with Crippen molar-refractivity contribution in [3.8, 4) is 5.75 Å². The largest absolute Gasteiger partial charge is 0.490 e. The highest BCUT2D eigenvalue weighted by Crippen LogP contribution is 2.24. The molecule has 1 atom stereocenters. The quantitative estimate of drug-likeness (QED) is 0.844. The molecular formula is C22H29FN2O2. The van der Waals surface area contributed by atoms with Crippen LogP contribution in [0.5, 0.6) is 5.75 Å². The Kier molecular flexibility index (Phi) is 6.34. The summed E-state index contributed by atoms with van der Waals surface area (Å²) in [6.07, 6.45) is -0.525. The molecule has 1 aliphatic heterocycles. The fraction of sp³-hybridized carbons (Fsp3) is 0.455. The van der Waals surface area contributed by atoms with Crippen LogP contribution in [0.4, 0.5) is 10.1 Å². The van der Waals surface area contributed by atoms with Gasteiger partial charge >= 0.3 is 0 Å². The van der Waals surface area contributed by atoms with Crippen LogP contribution in [0.2, 0.25) is 0 Å². The second kappa shape index (κ2) is 8.72. The number of nitrogens with zero attached hydrogens (tertiary/aromatic N) is 2. The number of aryl methyl sites for hydroxylation is 3. The number of anilines is 1. The summed E-state index contributed by atoms with van der Waals surface area (Å²) in [5, 5.41) is 10.4. The van der Waals surface area contributed by atoms with Gasteiger partial charge < -0.3 is 14.7 Å². The lowest BCUT2D eigenvalue weighted by Crippen LogP contribution is -2.49. The molecule has 3 rings (SSSR count). The summed E-state index contributed by atoms with van der Waals surface area (Å²) in [4.78, 5) is 4.50. The predicted octanol–water partition coefficient (Wildman–Crippen LogP) is 3.31. The monoisotopic (exact) mass is 372 g/mol. The van der Waals surface area contributed by atoms with Crippen LogP contribution < -0.4 is 9.64 Å². The third-order valence-electron chi connectivity index (χ3n) is 5.06. The topological polar surface area (TPSA) is 35.9 Å². The van der Waals surface area contributed by atoms with Gasteiger partial charge in [-0.15, -0.1) is 0 Å². The van der Waals surface area contributed by atoms with Crippen molar-refractivity contribution < 1.29 is 14.2 Å². The highest BCUT2D eigenvalue weighted by Gasteiger charge is 2.20. The maximum atomic E-state index is 13.1. The van der Waals surface area contributed by atoms with Crippen molar-refractivity contribution >= 4 is 5.69 Å². The van der Waals surface area contributed by atoms with Crippen LogP contribution in [0, 0.1) is 26.6 Å². The molecule has 4 nitrogen and oxygen atoms in total. The van der Waals surface area contributed by atoms with Crippen LogP contribution in [0.15, 0.2) is 36.4 Å². The molecule has 2 aromatic carbocycles. The van der Waals surface area contributed by atoms with E-state index in [0.717, 1.165) is 48.7 Å². The number of ether oxygens (including phenoxy) is 1. The lowest BCUT2D eigenvalue weighted by atomic mass is 10.1. The molecule has 1 N–H and O–H groups in total. The molecule has 0 aliphatic carbocycles. The average molecular weight is 372 g/mol. The Hall–Kier alpha value is -2.11. The van der Waals surface area contributed by atoms with Gasteiger partial charge in [0.25, 0.3) is 0 Å². The summed E-state index contributed by atoms with van der Waals surface area (Å²) in [7, 11) is 0. The normalized spacial score (nSPS) is 16.4.